The zero-order chi connectivity index (χ0) is 20.8. The highest BCUT2D eigenvalue weighted by molar-refractivity contribution is 7.89. The number of nitrogens with two attached hydrogens (primary N) is 1. The van der Waals surface area contributed by atoms with Crippen LogP contribution in [0.15, 0.2) is 0 Å². The van der Waals surface area contributed by atoms with E-state index in [2.05, 4.69) is 0 Å². The van der Waals surface area contributed by atoms with E-state index in [0.29, 0.717) is 12.8 Å². The quantitative estimate of drug-likeness (QED) is 0.493. The second-order valence-corrected chi connectivity index (χ2v) is 10.2. The van der Waals surface area contributed by atoms with Crippen molar-refractivity contribution in [2.24, 2.45) is 16.0 Å². The third kappa shape index (κ3) is 6.82. The smallest absolute Gasteiger partial charge is 0.303 e. The number of hydrogen-bond acceptors (Lipinski definition) is 4. The van der Waals surface area contributed by atoms with Crippen LogP contribution in [0.4, 0.5) is 0 Å². The van der Waals surface area contributed by atoms with Crippen molar-refractivity contribution in [3.8, 4) is 0 Å². The van der Waals surface area contributed by atoms with E-state index in [9.17, 15) is 18.3 Å². The van der Waals surface area contributed by atoms with Gasteiger partial charge in [0.1, 0.15) is 0 Å². The van der Waals surface area contributed by atoms with Gasteiger partial charge in [0.2, 0.25) is 10.0 Å². The maximum Gasteiger partial charge on any atom is 0.303 e. The lowest BCUT2D eigenvalue weighted by Crippen LogP contribution is -2.49. The predicted molar refractivity (Wildman–Crippen MR) is 105 cm³/mol. The monoisotopic (exact) mass is 393 g/mol. The van der Waals surface area contributed by atoms with Crippen LogP contribution >= 0.6 is 0 Å². The molecule has 4 atom stereocenters. The summed E-state index contributed by atoms with van der Waals surface area (Å²) in [5.41, 5.74) is -1.19. The third-order valence-corrected chi connectivity index (χ3v) is 7.53. The molecule has 0 saturated carbocycles. The largest absolute Gasteiger partial charge is 0.481 e. The minimum atomic E-state index is -3.71. The van der Waals surface area contributed by atoms with Crippen LogP contribution in [0.1, 0.15) is 87.0 Å². The number of aliphatic carboxylic acids is 1. The molecule has 0 amide bonds. The van der Waals surface area contributed by atoms with Gasteiger partial charge >= 0.3 is 5.97 Å². The molecule has 0 aliphatic heterocycles. The molecule has 0 fully saturated rings. The minimum absolute atomic E-state index is 0.0260. The van der Waals surface area contributed by atoms with Crippen molar-refractivity contribution in [3.63, 3.8) is 0 Å². The van der Waals surface area contributed by atoms with Crippen molar-refractivity contribution in [2.45, 2.75) is 104 Å². The van der Waals surface area contributed by atoms with Crippen LogP contribution in [0.3, 0.4) is 0 Å². The molecule has 0 saturated heterocycles. The van der Waals surface area contributed by atoms with Crippen molar-refractivity contribution in [1.29, 1.82) is 0 Å². The van der Waals surface area contributed by atoms with Crippen molar-refractivity contribution in [2.75, 3.05) is 0 Å². The van der Waals surface area contributed by atoms with Crippen LogP contribution < -0.4 is 5.14 Å². The van der Waals surface area contributed by atoms with Crippen LogP contribution in [0, 0.1) is 10.8 Å². The summed E-state index contributed by atoms with van der Waals surface area (Å²) >= 11 is 0. The van der Waals surface area contributed by atoms with Gasteiger partial charge in [0.25, 0.3) is 0 Å². The summed E-state index contributed by atoms with van der Waals surface area (Å²) < 4.78 is 30.4. The number of rotatable bonds is 13. The summed E-state index contributed by atoms with van der Waals surface area (Å²) in [5, 5.41) is 14.0. The first-order chi connectivity index (χ1) is 11.8. The van der Waals surface area contributed by atoms with Gasteiger partial charge in [-0.1, -0.05) is 54.4 Å². The molecule has 0 radical (unpaired) electrons. The van der Waals surface area contributed by atoms with E-state index < -0.39 is 32.1 Å². The Morgan fingerprint density at radius 1 is 1.08 bits per heavy atom. The van der Waals surface area contributed by atoms with Crippen molar-refractivity contribution >= 4 is 16.0 Å². The summed E-state index contributed by atoms with van der Waals surface area (Å²) in [7, 11) is -3.71. The van der Waals surface area contributed by atoms with Gasteiger partial charge in [-0.15, -0.1) is 0 Å². The van der Waals surface area contributed by atoms with E-state index >= 15 is 0 Å². The molecule has 6 nitrogen and oxygen atoms in total. The van der Waals surface area contributed by atoms with Crippen molar-refractivity contribution < 1.29 is 23.1 Å². The van der Waals surface area contributed by atoms with Crippen LogP contribution in [-0.2, 0) is 19.6 Å². The predicted octanol–water partition coefficient (Wildman–Crippen LogP) is 3.93. The number of sulfonamides is 1. The molecule has 0 aromatic heterocycles. The molecule has 0 heterocycles. The Bertz CT molecular complexity index is 546. The highest BCUT2D eigenvalue weighted by atomic mass is 32.2. The Labute approximate surface area is 159 Å². The molecule has 0 rings (SSSR count). The van der Waals surface area contributed by atoms with E-state index in [1.54, 1.807) is 6.92 Å². The molecule has 0 aliphatic rings. The molecule has 0 aromatic carbocycles. The highest BCUT2D eigenvalue weighted by Crippen LogP contribution is 2.40. The molecule has 4 unspecified atom stereocenters. The Kier molecular flexibility index (Phi) is 9.79. The van der Waals surface area contributed by atoms with Gasteiger partial charge in [0.05, 0.1) is 23.9 Å². The summed E-state index contributed by atoms with van der Waals surface area (Å²) in [5.74, 6) is -0.844. The average Bonchev–Trinajstić information content (AvgIpc) is 2.51. The summed E-state index contributed by atoms with van der Waals surface area (Å²) in [6, 6.07) is 0. The number of carboxylic acid groups (broad SMARTS) is 1. The van der Waals surface area contributed by atoms with Crippen LogP contribution in [0.25, 0.3) is 0 Å². The molecule has 0 aromatic rings. The third-order valence-electron chi connectivity index (χ3n) is 5.94. The zero-order valence-electron chi connectivity index (χ0n) is 17.5. The standard InChI is InChI=1S/C19H39NO5S/c1-8-11-15(18(5,6)14(4)26(20,23)24)25-16(12-9-2)19(7,10-3)13-17(21)22/h14-16H,8-13H2,1-7H3,(H,21,22)(H2,20,23,24). The number of ether oxygens (including phenoxy) is 1. The fraction of sp³-hybridized carbons (Fsp3) is 0.947. The van der Waals surface area contributed by atoms with E-state index in [1.807, 2.05) is 41.5 Å². The molecule has 156 valence electrons. The Morgan fingerprint density at radius 2 is 1.54 bits per heavy atom. The van der Waals surface area contributed by atoms with Crippen LogP contribution in [0.2, 0.25) is 0 Å². The number of carbonyl (C=O) groups is 1. The molecule has 0 spiro atoms. The van der Waals surface area contributed by atoms with Gasteiger partial charge < -0.3 is 9.84 Å². The number of primary sulfonamides is 1. The van der Waals surface area contributed by atoms with Gasteiger partial charge in [-0.05, 0) is 26.2 Å². The Balaban J connectivity index is 5.80. The van der Waals surface area contributed by atoms with Gasteiger partial charge in [0.15, 0.2) is 0 Å². The summed E-state index contributed by atoms with van der Waals surface area (Å²) in [6.07, 6.45) is 3.26. The molecule has 0 bridgehead atoms. The Hall–Kier alpha value is -0.660. The fourth-order valence-electron chi connectivity index (χ4n) is 3.42. The second-order valence-electron chi connectivity index (χ2n) is 8.32. The maximum atomic E-state index is 11.9. The van der Waals surface area contributed by atoms with Crippen molar-refractivity contribution in [3.05, 3.63) is 0 Å². The first kappa shape index (κ1) is 25.3. The zero-order valence-corrected chi connectivity index (χ0v) is 18.4. The van der Waals surface area contributed by atoms with Gasteiger partial charge in [0, 0.05) is 10.8 Å². The first-order valence-electron chi connectivity index (χ1n) is 9.65. The molecule has 26 heavy (non-hydrogen) atoms. The molecular formula is C19H39NO5S. The topological polar surface area (TPSA) is 107 Å². The fourth-order valence-corrected chi connectivity index (χ4v) is 4.41. The molecule has 0 aliphatic carbocycles. The van der Waals surface area contributed by atoms with Crippen LogP contribution in [0.5, 0.6) is 0 Å². The van der Waals surface area contributed by atoms with E-state index in [-0.39, 0.29) is 18.6 Å². The normalized spacial score (nSPS) is 18.8. The van der Waals surface area contributed by atoms with Crippen molar-refractivity contribution in [1.82, 2.24) is 0 Å². The summed E-state index contributed by atoms with van der Waals surface area (Å²) in [6.45, 7) is 13.3. The lowest BCUT2D eigenvalue weighted by atomic mass is 9.75. The van der Waals surface area contributed by atoms with Gasteiger partial charge in [-0.2, -0.15) is 0 Å². The molecule has 3 N–H and O–H groups in total. The SMILES string of the molecule is CCCC(OC(CCC)C(C)(C)C(C)S(N)(=O)=O)C(C)(CC)CC(=O)O. The number of hydrogen-bond donors (Lipinski definition) is 2. The van der Waals surface area contributed by atoms with E-state index in [4.69, 9.17) is 9.88 Å². The first-order valence-corrected chi connectivity index (χ1v) is 11.3. The minimum Gasteiger partial charge on any atom is -0.481 e. The van der Waals surface area contributed by atoms with Gasteiger partial charge in [-0.3, -0.25) is 4.79 Å². The summed E-state index contributed by atoms with van der Waals surface area (Å²) in [4.78, 5) is 11.4. The van der Waals surface area contributed by atoms with Crippen LogP contribution in [-0.4, -0.2) is 37.0 Å². The van der Waals surface area contributed by atoms with Gasteiger partial charge in [-0.25, -0.2) is 13.6 Å². The maximum absolute atomic E-state index is 11.9. The Morgan fingerprint density at radius 3 is 1.88 bits per heavy atom. The lowest BCUT2D eigenvalue weighted by molar-refractivity contribution is -0.152. The molecule has 7 heteroatoms. The number of carboxylic acids is 1. The highest BCUT2D eigenvalue weighted by Gasteiger charge is 2.44. The second kappa shape index (κ2) is 10.0. The van der Waals surface area contributed by atoms with E-state index in [1.165, 1.54) is 0 Å². The lowest BCUT2D eigenvalue weighted by Gasteiger charge is -2.44. The molecular weight excluding hydrogens is 354 g/mol. The van der Waals surface area contributed by atoms with E-state index in [0.717, 1.165) is 19.3 Å². The average molecular weight is 394 g/mol.